The van der Waals surface area contributed by atoms with Gasteiger partial charge in [-0.1, -0.05) is 6.08 Å². The topological polar surface area (TPSA) is 18.5 Å². The fraction of sp³-hybridized carbons (Fsp3) is 0.667. The summed E-state index contributed by atoms with van der Waals surface area (Å²) in [5.41, 5.74) is 1.86. The Morgan fingerprint density at radius 1 is 0.786 bits per heavy atom. The molecular formula is C24H30F2O2. The number of benzene rings is 1. The van der Waals surface area contributed by atoms with Gasteiger partial charge in [-0.05, 0) is 91.9 Å². The first-order valence-electron chi connectivity index (χ1n) is 11.1. The highest BCUT2D eigenvalue weighted by atomic mass is 19.1. The van der Waals surface area contributed by atoms with Gasteiger partial charge < -0.3 is 9.47 Å². The molecule has 1 saturated heterocycles. The van der Waals surface area contributed by atoms with Crippen LogP contribution in [0.3, 0.4) is 0 Å². The minimum Gasteiger partial charge on any atom is -0.348 e. The summed E-state index contributed by atoms with van der Waals surface area (Å²) in [7, 11) is 0. The minimum atomic E-state index is -0.480. The third kappa shape index (κ3) is 3.66. The second-order valence-electron chi connectivity index (χ2n) is 9.33. The molecule has 1 aliphatic heterocycles. The molecule has 3 fully saturated rings. The van der Waals surface area contributed by atoms with Crippen LogP contribution in [0.4, 0.5) is 8.78 Å². The van der Waals surface area contributed by atoms with Crippen molar-refractivity contribution in [1.82, 2.24) is 0 Å². The Balaban J connectivity index is 1.22. The molecule has 5 rings (SSSR count). The third-order valence-electron chi connectivity index (χ3n) is 7.79. The lowest BCUT2D eigenvalue weighted by molar-refractivity contribution is -0.185. The second-order valence-corrected chi connectivity index (χ2v) is 9.33. The van der Waals surface area contributed by atoms with Crippen molar-refractivity contribution in [1.29, 1.82) is 0 Å². The molecule has 4 heteroatoms. The molecule has 3 atom stereocenters. The number of rotatable bonds is 2. The molecule has 28 heavy (non-hydrogen) atoms. The lowest BCUT2D eigenvalue weighted by Crippen LogP contribution is -2.38. The molecule has 0 amide bonds. The van der Waals surface area contributed by atoms with Crippen molar-refractivity contribution < 1.29 is 18.3 Å². The van der Waals surface area contributed by atoms with Crippen molar-refractivity contribution in [3.63, 3.8) is 0 Å². The molecular weight excluding hydrogens is 358 g/mol. The normalized spacial score (nSPS) is 32.9. The monoisotopic (exact) mass is 388 g/mol. The first-order chi connectivity index (χ1) is 13.6. The van der Waals surface area contributed by atoms with E-state index in [-0.39, 0.29) is 5.79 Å². The van der Waals surface area contributed by atoms with Crippen molar-refractivity contribution in [2.75, 3.05) is 13.2 Å². The maximum atomic E-state index is 13.6. The Bertz CT molecular complexity index is 723. The predicted octanol–water partition coefficient (Wildman–Crippen LogP) is 6.11. The van der Waals surface area contributed by atoms with Crippen LogP contribution < -0.4 is 0 Å². The van der Waals surface area contributed by atoms with Gasteiger partial charge in [-0.3, -0.25) is 0 Å². The summed E-state index contributed by atoms with van der Waals surface area (Å²) in [4.78, 5) is 0. The van der Waals surface area contributed by atoms with E-state index in [0.717, 1.165) is 73.9 Å². The molecule has 152 valence electrons. The lowest BCUT2D eigenvalue weighted by Gasteiger charge is -2.44. The molecule has 0 aromatic heterocycles. The van der Waals surface area contributed by atoms with Gasteiger partial charge in [0.1, 0.15) is 11.6 Å². The van der Waals surface area contributed by atoms with Gasteiger partial charge in [-0.2, -0.15) is 0 Å². The van der Waals surface area contributed by atoms with Gasteiger partial charge in [0.2, 0.25) is 0 Å². The molecule has 2 nitrogen and oxygen atoms in total. The van der Waals surface area contributed by atoms with Gasteiger partial charge in [-0.15, -0.1) is 0 Å². The second kappa shape index (κ2) is 7.53. The van der Waals surface area contributed by atoms with E-state index in [1.165, 1.54) is 44.2 Å². The molecule has 0 bridgehead atoms. The minimum absolute atomic E-state index is 0.254. The molecule has 3 unspecified atom stereocenters. The van der Waals surface area contributed by atoms with Crippen LogP contribution in [0.1, 0.15) is 63.4 Å². The zero-order valence-electron chi connectivity index (χ0n) is 16.5. The highest BCUT2D eigenvalue weighted by molar-refractivity contribution is 5.66. The number of ether oxygens (including phenoxy) is 2. The van der Waals surface area contributed by atoms with Crippen LogP contribution in [0.25, 0.3) is 5.57 Å². The molecule has 1 aromatic carbocycles. The summed E-state index contributed by atoms with van der Waals surface area (Å²) in [6.45, 7) is 1.50. The summed E-state index contributed by atoms with van der Waals surface area (Å²) in [6.07, 6.45) is 12.8. The first-order valence-corrected chi connectivity index (χ1v) is 11.1. The molecule has 0 N–H and O–H groups in total. The maximum Gasteiger partial charge on any atom is 0.168 e. The average Bonchev–Trinajstić information content (AvgIpc) is 3.15. The number of allylic oxidation sites excluding steroid dienone is 2. The molecule has 1 aromatic rings. The van der Waals surface area contributed by atoms with Gasteiger partial charge in [0.25, 0.3) is 0 Å². The summed E-state index contributed by atoms with van der Waals surface area (Å²) in [5, 5.41) is 0. The van der Waals surface area contributed by atoms with E-state index in [0.29, 0.717) is 5.92 Å². The zero-order chi connectivity index (χ0) is 19.1. The lowest BCUT2D eigenvalue weighted by atomic mass is 9.63. The number of halogens is 2. The molecule has 0 radical (unpaired) electrons. The highest BCUT2D eigenvalue weighted by Gasteiger charge is 2.43. The number of fused-ring (bicyclic) bond motifs is 1. The van der Waals surface area contributed by atoms with Crippen LogP contribution in [-0.2, 0) is 9.47 Å². The van der Waals surface area contributed by atoms with E-state index in [9.17, 15) is 8.78 Å². The molecule has 1 spiro atoms. The van der Waals surface area contributed by atoms with Crippen molar-refractivity contribution >= 4 is 5.57 Å². The summed E-state index contributed by atoms with van der Waals surface area (Å²) in [5.74, 6) is 1.72. The quantitative estimate of drug-likeness (QED) is 0.609. The van der Waals surface area contributed by atoms with Crippen LogP contribution in [0.2, 0.25) is 0 Å². The van der Waals surface area contributed by atoms with Gasteiger partial charge in [-0.25, -0.2) is 8.78 Å². The van der Waals surface area contributed by atoms with Gasteiger partial charge in [0.05, 0.1) is 13.2 Å². The summed E-state index contributed by atoms with van der Waals surface area (Å²) < 4.78 is 39.0. The van der Waals surface area contributed by atoms with E-state index >= 15 is 0 Å². The molecule has 2 saturated carbocycles. The first kappa shape index (κ1) is 18.7. The van der Waals surface area contributed by atoms with Crippen LogP contribution in [-0.4, -0.2) is 19.0 Å². The van der Waals surface area contributed by atoms with Gasteiger partial charge in [0.15, 0.2) is 5.79 Å². The van der Waals surface area contributed by atoms with Gasteiger partial charge in [0, 0.05) is 18.9 Å². The third-order valence-corrected chi connectivity index (χ3v) is 7.79. The van der Waals surface area contributed by atoms with Crippen LogP contribution in [0.15, 0.2) is 24.3 Å². The maximum absolute atomic E-state index is 13.6. The number of hydrogen-bond donors (Lipinski definition) is 0. The number of hydrogen-bond acceptors (Lipinski definition) is 2. The Morgan fingerprint density at radius 2 is 1.50 bits per heavy atom. The van der Waals surface area contributed by atoms with Crippen molar-refractivity contribution in [3.8, 4) is 0 Å². The van der Waals surface area contributed by atoms with Crippen LogP contribution >= 0.6 is 0 Å². The van der Waals surface area contributed by atoms with Crippen molar-refractivity contribution in [3.05, 3.63) is 41.5 Å². The molecule has 3 aliphatic carbocycles. The standard InChI is InChI=1S/C24H30F2O2/c25-22-13-21(14-23(26)15-22)20-4-3-18-11-17(1-2-19(18)12-20)16-5-7-24(8-6-16)27-9-10-28-24/h12-19H,1-11H2. The van der Waals surface area contributed by atoms with E-state index in [1.54, 1.807) is 0 Å². The Kier molecular flexibility index (Phi) is 5.04. The van der Waals surface area contributed by atoms with Crippen molar-refractivity contribution in [2.45, 2.75) is 63.6 Å². The fourth-order valence-corrected chi connectivity index (χ4v) is 6.30. The summed E-state index contributed by atoms with van der Waals surface area (Å²) >= 11 is 0. The summed E-state index contributed by atoms with van der Waals surface area (Å²) in [6, 6.07) is 3.91. The molecule has 4 aliphatic rings. The van der Waals surface area contributed by atoms with Crippen molar-refractivity contribution in [2.24, 2.45) is 23.7 Å². The Morgan fingerprint density at radius 3 is 2.21 bits per heavy atom. The fourth-order valence-electron chi connectivity index (χ4n) is 6.30. The SMILES string of the molecule is Fc1cc(F)cc(C2=CC3CCC(C4CCC5(CC4)OCCO5)CC3CC2)c1. The zero-order valence-corrected chi connectivity index (χ0v) is 16.5. The van der Waals surface area contributed by atoms with Crippen LogP contribution in [0.5, 0.6) is 0 Å². The van der Waals surface area contributed by atoms with Crippen LogP contribution in [0, 0.1) is 35.3 Å². The Labute approximate surface area is 166 Å². The average molecular weight is 388 g/mol. The molecule has 1 heterocycles. The largest absolute Gasteiger partial charge is 0.348 e. The van der Waals surface area contributed by atoms with E-state index in [1.807, 2.05) is 0 Å². The highest BCUT2D eigenvalue weighted by Crippen LogP contribution is 2.49. The van der Waals surface area contributed by atoms with E-state index in [4.69, 9.17) is 9.47 Å². The Hall–Kier alpha value is -1.26. The van der Waals surface area contributed by atoms with Gasteiger partial charge >= 0.3 is 0 Å². The predicted molar refractivity (Wildman–Crippen MR) is 104 cm³/mol. The van der Waals surface area contributed by atoms with E-state index < -0.39 is 11.6 Å². The smallest absolute Gasteiger partial charge is 0.168 e. The van der Waals surface area contributed by atoms with E-state index in [2.05, 4.69) is 6.08 Å².